The third-order valence-corrected chi connectivity index (χ3v) is 5.65. The summed E-state index contributed by atoms with van der Waals surface area (Å²) in [7, 11) is 0. The molecule has 0 bridgehead atoms. The van der Waals surface area contributed by atoms with E-state index in [4.69, 9.17) is 11.6 Å². The summed E-state index contributed by atoms with van der Waals surface area (Å²) in [4.78, 5) is 0. The van der Waals surface area contributed by atoms with Crippen LogP contribution >= 0.6 is 11.6 Å². The maximum absolute atomic E-state index is 10.1. The maximum Gasteiger partial charge on any atom is 0.0548 e. The highest BCUT2D eigenvalue weighted by atomic mass is 35.5. The molecule has 1 aliphatic carbocycles. The number of aliphatic hydroxyl groups is 1. The Labute approximate surface area is 150 Å². The van der Waals surface area contributed by atoms with Crippen molar-refractivity contribution in [2.45, 2.75) is 58.0 Å². The third-order valence-electron chi connectivity index (χ3n) is 5.28. The molecule has 3 unspecified atom stereocenters. The number of aliphatic hydroxyl groups excluding tert-OH is 1. The predicted molar refractivity (Wildman–Crippen MR) is 102 cm³/mol. The highest BCUT2D eigenvalue weighted by Gasteiger charge is 2.26. The molecule has 1 nitrogen and oxygen atoms in total. The second-order valence-electron chi connectivity index (χ2n) is 7.36. The van der Waals surface area contributed by atoms with Crippen molar-refractivity contribution in [3.63, 3.8) is 0 Å². The number of aryl methyl sites for hydroxylation is 1. The van der Waals surface area contributed by atoms with E-state index in [1.165, 1.54) is 22.3 Å². The average molecular weight is 343 g/mol. The monoisotopic (exact) mass is 342 g/mol. The average Bonchev–Trinajstić information content (AvgIpc) is 2.56. The van der Waals surface area contributed by atoms with Gasteiger partial charge in [-0.05, 0) is 72.3 Å². The van der Waals surface area contributed by atoms with E-state index in [1.807, 2.05) is 6.07 Å². The molecule has 128 valence electrons. The van der Waals surface area contributed by atoms with E-state index in [1.54, 1.807) is 0 Å². The van der Waals surface area contributed by atoms with Crippen LogP contribution in [0.2, 0.25) is 5.02 Å². The van der Waals surface area contributed by atoms with Gasteiger partial charge >= 0.3 is 0 Å². The molecule has 0 radical (unpaired) electrons. The van der Waals surface area contributed by atoms with Crippen LogP contribution in [-0.4, -0.2) is 11.2 Å². The summed E-state index contributed by atoms with van der Waals surface area (Å²) in [5.41, 5.74) is 5.17. The second-order valence-corrected chi connectivity index (χ2v) is 7.77. The lowest BCUT2D eigenvalue weighted by Gasteiger charge is -2.31. The molecule has 3 rings (SSSR count). The minimum Gasteiger partial charge on any atom is -0.393 e. The second kappa shape index (κ2) is 7.72. The maximum atomic E-state index is 10.1. The third kappa shape index (κ3) is 4.20. The summed E-state index contributed by atoms with van der Waals surface area (Å²) in [5.74, 6) is 1.03. The Morgan fingerprint density at radius 2 is 1.71 bits per heavy atom. The molecule has 0 aliphatic heterocycles. The van der Waals surface area contributed by atoms with Gasteiger partial charge in [-0.2, -0.15) is 0 Å². The van der Waals surface area contributed by atoms with Crippen LogP contribution in [0.3, 0.4) is 0 Å². The smallest absolute Gasteiger partial charge is 0.0548 e. The van der Waals surface area contributed by atoms with Crippen molar-refractivity contribution in [1.29, 1.82) is 0 Å². The fourth-order valence-corrected chi connectivity index (χ4v) is 4.12. The zero-order chi connectivity index (χ0) is 17.1. The predicted octanol–water partition coefficient (Wildman–Crippen LogP) is 5.76. The molecular weight excluding hydrogens is 316 g/mol. The van der Waals surface area contributed by atoms with E-state index in [2.05, 4.69) is 50.2 Å². The Balaban J connectivity index is 1.80. The molecule has 0 amide bonds. The van der Waals surface area contributed by atoms with Gasteiger partial charge in [0.05, 0.1) is 6.10 Å². The van der Waals surface area contributed by atoms with Crippen LogP contribution in [0.5, 0.6) is 0 Å². The summed E-state index contributed by atoms with van der Waals surface area (Å²) in [6.07, 6.45) is 4.72. The SMILES string of the molecule is CCc1ccc(Cc2cc(C3CC(C)CC(O)C3)ccc2Cl)cc1. The van der Waals surface area contributed by atoms with Crippen LogP contribution in [0.15, 0.2) is 42.5 Å². The van der Waals surface area contributed by atoms with Crippen molar-refractivity contribution in [1.82, 2.24) is 0 Å². The lowest BCUT2D eigenvalue weighted by atomic mass is 9.77. The van der Waals surface area contributed by atoms with Gasteiger partial charge in [-0.3, -0.25) is 0 Å². The van der Waals surface area contributed by atoms with E-state index in [9.17, 15) is 5.11 Å². The fraction of sp³-hybridized carbons (Fsp3) is 0.455. The van der Waals surface area contributed by atoms with Crippen LogP contribution in [0.4, 0.5) is 0 Å². The topological polar surface area (TPSA) is 20.2 Å². The number of rotatable bonds is 4. The molecule has 1 aliphatic rings. The van der Waals surface area contributed by atoms with Crippen molar-refractivity contribution < 1.29 is 5.11 Å². The summed E-state index contributed by atoms with van der Waals surface area (Å²) in [6.45, 7) is 4.41. The first kappa shape index (κ1) is 17.5. The van der Waals surface area contributed by atoms with Gasteiger partial charge in [0.15, 0.2) is 0 Å². The summed E-state index contributed by atoms with van der Waals surface area (Å²) >= 11 is 6.45. The highest BCUT2D eigenvalue weighted by molar-refractivity contribution is 6.31. The van der Waals surface area contributed by atoms with Gasteiger partial charge in [-0.15, -0.1) is 0 Å². The molecule has 0 aromatic heterocycles. The molecule has 2 aromatic rings. The van der Waals surface area contributed by atoms with Crippen molar-refractivity contribution in [2.24, 2.45) is 5.92 Å². The zero-order valence-electron chi connectivity index (χ0n) is 14.6. The first-order valence-corrected chi connectivity index (χ1v) is 9.47. The number of halogens is 1. The molecule has 1 fully saturated rings. The Hall–Kier alpha value is -1.31. The van der Waals surface area contributed by atoms with Crippen molar-refractivity contribution in [3.8, 4) is 0 Å². The summed E-state index contributed by atoms with van der Waals surface area (Å²) < 4.78 is 0. The van der Waals surface area contributed by atoms with Crippen LogP contribution < -0.4 is 0 Å². The van der Waals surface area contributed by atoms with Gasteiger partial charge in [0, 0.05) is 5.02 Å². The number of benzene rings is 2. The number of hydrogen-bond donors (Lipinski definition) is 1. The van der Waals surface area contributed by atoms with E-state index in [-0.39, 0.29) is 6.10 Å². The largest absolute Gasteiger partial charge is 0.393 e. The normalized spacial score (nSPS) is 24.1. The van der Waals surface area contributed by atoms with E-state index >= 15 is 0 Å². The summed E-state index contributed by atoms with van der Waals surface area (Å²) in [6, 6.07) is 15.2. The van der Waals surface area contributed by atoms with Gasteiger partial charge in [0.25, 0.3) is 0 Å². The van der Waals surface area contributed by atoms with Crippen LogP contribution in [0, 0.1) is 5.92 Å². The summed E-state index contributed by atoms with van der Waals surface area (Å²) in [5, 5.41) is 10.9. The minimum absolute atomic E-state index is 0.167. The first-order valence-electron chi connectivity index (χ1n) is 9.09. The quantitative estimate of drug-likeness (QED) is 0.749. The first-order chi connectivity index (χ1) is 11.5. The molecular formula is C22H27ClO. The molecule has 3 atom stereocenters. The fourth-order valence-electron chi connectivity index (χ4n) is 3.94. The lowest BCUT2D eigenvalue weighted by molar-refractivity contribution is 0.0945. The van der Waals surface area contributed by atoms with E-state index in [0.29, 0.717) is 11.8 Å². The van der Waals surface area contributed by atoms with Crippen molar-refractivity contribution >= 4 is 11.6 Å². The van der Waals surface area contributed by atoms with Gasteiger partial charge in [-0.25, -0.2) is 0 Å². The van der Waals surface area contributed by atoms with Gasteiger partial charge in [0.2, 0.25) is 0 Å². The Bertz CT molecular complexity index is 667. The standard InChI is InChI=1S/C22H27ClO/c1-3-16-4-6-17(7-5-16)12-20-13-18(8-9-22(20)23)19-10-15(2)11-21(24)14-19/h4-9,13,15,19,21,24H,3,10-12,14H2,1-2H3. The van der Waals surface area contributed by atoms with Crippen molar-refractivity contribution in [2.75, 3.05) is 0 Å². The van der Waals surface area contributed by atoms with E-state index in [0.717, 1.165) is 37.1 Å². The lowest BCUT2D eigenvalue weighted by Crippen LogP contribution is -2.23. The Kier molecular flexibility index (Phi) is 5.63. The van der Waals surface area contributed by atoms with Crippen molar-refractivity contribution in [3.05, 3.63) is 69.7 Å². The highest BCUT2D eigenvalue weighted by Crippen LogP contribution is 2.37. The molecule has 0 saturated heterocycles. The molecule has 24 heavy (non-hydrogen) atoms. The van der Waals surface area contributed by atoms with Crippen LogP contribution in [0.25, 0.3) is 0 Å². The number of hydrogen-bond acceptors (Lipinski definition) is 1. The molecule has 2 aromatic carbocycles. The molecule has 2 heteroatoms. The van der Waals surface area contributed by atoms with Gasteiger partial charge in [-0.1, -0.05) is 61.8 Å². The van der Waals surface area contributed by atoms with Crippen LogP contribution in [-0.2, 0) is 12.8 Å². The van der Waals surface area contributed by atoms with Gasteiger partial charge < -0.3 is 5.11 Å². The molecule has 1 saturated carbocycles. The molecule has 0 spiro atoms. The minimum atomic E-state index is -0.167. The Morgan fingerprint density at radius 1 is 1.00 bits per heavy atom. The van der Waals surface area contributed by atoms with Crippen LogP contribution in [0.1, 0.15) is 61.3 Å². The zero-order valence-corrected chi connectivity index (χ0v) is 15.4. The van der Waals surface area contributed by atoms with E-state index < -0.39 is 0 Å². The molecule has 1 N–H and O–H groups in total. The Morgan fingerprint density at radius 3 is 2.38 bits per heavy atom. The van der Waals surface area contributed by atoms with Gasteiger partial charge in [0.1, 0.15) is 0 Å². The molecule has 0 heterocycles.